The van der Waals surface area contributed by atoms with Gasteiger partial charge in [-0.25, -0.2) is 4.98 Å². The summed E-state index contributed by atoms with van der Waals surface area (Å²) in [5, 5.41) is 15.1. The molecule has 3 rings (SSSR count). The van der Waals surface area contributed by atoms with Crippen molar-refractivity contribution < 1.29 is 14.3 Å². The highest BCUT2D eigenvalue weighted by Gasteiger charge is 2.06. The van der Waals surface area contributed by atoms with E-state index in [1.165, 1.54) is 18.1 Å². The molecule has 0 spiro atoms. The number of aromatic nitrogens is 3. The van der Waals surface area contributed by atoms with Crippen LogP contribution in [0.25, 0.3) is 11.4 Å². The van der Waals surface area contributed by atoms with Gasteiger partial charge in [-0.05, 0) is 95.8 Å². The van der Waals surface area contributed by atoms with Gasteiger partial charge >= 0.3 is 0 Å². The molecular weight excluding hydrogens is 514 g/mol. The number of nitrogens with two attached hydrogens (primary N) is 1. The van der Waals surface area contributed by atoms with Crippen LogP contribution in [0.3, 0.4) is 0 Å². The Bertz CT molecular complexity index is 1120. The van der Waals surface area contributed by atoms with Crippen molar-refractivity contribution in [2.75, 3.05) is 67.3 Å². The Morgan fingerprint density at radius 1 is 0.974 bits per heavy atom. The predicted octanol–water partition coefficient (Wildman–Crippen LogP) is 3.49. The SMILES string of the molecule is CSC(=N)c1cc(C)cc(OCCN(C)C)c1.Cc1cc(OCCN(C)C)cc(-c2ncn[nH]2)c1.NCC=O. The van der Waals surface area contributed by atoms with E-state index in [0.29, 0.717) is 24.5 Å². The summed E-state index contributed by atoms with van der Waals surface area (Å²) >= 11 is 1.44. The van der Waals surface area contributed by atoms with Crippen molar-refractivity contribution >= 4 is 23.1 Å². The Balaban J connectivity index is 0.000000344. The zero-order valence-corrected chi connectivity index (χ0v) is 25.0. The second kappa shape index (κ2) is 18.9. The van der Waals surface area contributed by atoms with Gasteiger partial charge in [0.05, 0.1) is 5.04 Å². The number of nitrogens with zero attached hydrogens (tertiary/aromatic N) is 4. The molecule has 4 N–H and O–H groups in total. The lowest BCUT2D eigenvalue weighted by molar-refractivity contribution is -0.106. The standard InChI is InChI=1S/C13H18N4O.C13H20N2OS.C2H5NO/c1-10-6-11(13-14-9-15-16-13)8-12(7-10)18-5-4-17(2)3;1-10-7-11(13(14)17-4)9-12(8-10)16-6-5-15(2)3;3-1-2-4/h6-9H,4-5H2,1-3H3,(H,14,15,16);7-9,14H,5-6H2,1-4H3;2H,1,3H2. The van der Waals surface area contributed by atoms with Gasteiger partial charge in [0, 0.05) is 30.8 Å². The van der Waals surface area contributed by atoms with Crippen molar-refractivity contribution in [2.45, 2.75) is 13.8 Å². The molecule has 0 aliphatic carbocycles. The molecule has 2 aromatic carbocycles. The maximum Gasteiger partial charge on any atom is 0.155 e. The zero-order chi connectivity index (χ0) is 29.2. The number of thioether (sulfide) groups is 1. The molecule has 0 amide bonds. The first-order valence-corrected chi connectivity index (χ1v) is 13.7. The van der Waals surface area contributed by atoms with Crippen molar-refractivity contribution in [3.8, 4) is 22.9 Å². The molecule has 0 fully saturated rings. The predicted molar refractivity (Wildman–Crippen MR) is 161 cm³/mol. The van der Waals surface area contributed by atoms with E-state index in [-0.39, 0.29) is 6.54 Å². The fraction of sp³-hybridized carbons (Fsp3) is 0.429. The summed E-state index contributed by atoms with van der Waals surface area (Å²) in [7, 11) is 8.10. The maximum absolute atomic E-state index is 9.05. The van der Waals surface area contributed by atoms with Crippen LogP contribution >= 0.6 is 11.8 Å². The van der Waals surface area contributed by atoms with Gasteiger partial charge in [0.15, 0.2) is 5.82 Å². The number of carbonyl (C=O) groups excluding carboxylic acids is 1. The number of H-pyrrole nitrogens is 1. The summed E-state index contributed by atoms with van der Waals surface area (Å²) in [6.07, 6.45) is 4.07. The number of carbonyl (C=O) groups is 1. The molecule has 0 saturated carbocycles. The number of aromatic amines is 1. The molecule has 11 heteroatoms. The Kier molecular flexibility index (Phi) is 16.4. The highest BCUT2D eigenvalue weighted by Crippen LogP contribution is 2.23. The lowest BCUT2D eigenvalue weighted by Crippen LogP contribution is -2.19. The van der Waals surface area contributed by atoms with E-state index in [0.717, 1.165) is 52.7 Å². The van der Waals surface area contributed by atoms with Gasteiger partial charge in [0.25, 0.3) is 0 Å². The van der Waals surface area contributed by atoms with Gasteiger partial charge in [0.2, 0.25) is 0 Å². The van der Waals surface area contributed by atoms with E-state index < -0.39 is 0 Å². The van der Waals surface area contributed by atoms with Crippen LogP contribution in [0, 0.1) is 19.3 Å². The van der Waals surface area contributed by atoms with Crippen LogP contribution in [0.5, 0.6) is 11.5 Å². The van der Waals surface area contributed by atoms with Gasteiger partial charge < -0.3 is 29.8 Å². The van der Waals surface area contributed by atoms with Crippen molar-refractivity contribution in [1.29, 1.82) is 5.41 Å². The number of aldehydes is 1. The highest BCUT2D eigenvalue weighted by molar-refractivity contribution is 8.13. The van der Waals surface area contributed by atoms with Gasteiger partial charge in [0.1, 0.15) is 37.3 Å². The lowest BCUT2D eigenvalue weighted by Gasteiger charge is -2.12. The third-order valence-electron chi connectivity index (χ3n) is 4.97. The van der Waals surface area contributed by atoms with E-state index in [1.807, 2.05) is 78.6 Å². The molecule has 0 aliphatic rings. The lowest BCUT2D eigenvalue weighted by atomic mass is 10.1. The molecule has 0 unspecified atom stereocenters. The summed E-state index contributed by atoms with van der Waals surface area (Å²) in [4.78, 5) is 17.4. The van der Waals surface area contributed by atoms with Crippen LogP contribution in [0.15, 0.2) is 42.7 Å². The summed E-state index contributed by atoms with van der Waals surface area (Å²) in [6, 6.07) is 12.0. The summed E-state index contributed by atoms with van der Waals surface area (Å²) < 4.78 is 11.4. The normalized spacial score (nSPS) is 10.3. The third kappa shape index (κ3) is 14.5. The number of hydrogen-bond donors (Lipinski definition) is 3. The van der Waals surface area contributed by atoms with Crippen LogP contribution < -0.4 is 15.2 Å². The summed E-state index contributed by atoms with van der Waals surface area (Å²) in [5.41, 5.74) is 8.85. The molecule has 0 bridgehead atoms. The highest BCUT2D eigenvalue weighted by atomic mass is 32.2. The molecule has 1 heterocycles. The number of benzene rings is 2. The smallest absolute Gasteiger partial charge is 0.155 e. The fourth-order valence-corrected chi connectivity index (χ4v) is 3.44. The number of likely N-dealkylation sites (N-methyl/N-ethyl adjacent to an activating group) is 2. The minimum absolute atomic E-state index is 0.139. The molecule has 1 aromatic heterocycles. The van der Waals surface area contributed by atoms with Crippen LogP contribution in [-0.4, -0.2) is 104 Å². The molecular formula is C28H43N7O3S. The fourth-order valence-electron chi connectivity index (χ4n) is 3.08. The van der Waals surface area contributed by atoms with E-state index in [9.17, 15) is 0 Å². The second-order valence-corrected chi connectivity index (χ2v) is 9.96. The number of aryl methyl sites for hydroxylation is 2. The van der Waals surface area contributed by atoms with Crippen molar-refractivity contribution in [3.63, 3.8) is 0 Å². The van der Waals surface area contributed by atoms with Crippen molar-refractivity contribution in [1.82, 2.24) is 25.0 Å². The van der Waals surface area contributed by atoms with E-state index >= 15 is 0 Å². The molecule has 0 atom stereocenters. The van der Waals surface area contributed by atoms with E-state index in [1.54, 1.807) is 0 Å². The quantitative estimate of drug-likeness (QED) is 0.184. The van der Waals surface area contributed by atoms with Gasteiger partial charge in [-0.15, -0.1) is 11.8 Å². The summed E-state index contributed by atoms with van der Waals surface area (Å²) in [5.74, 6) is 2.47. The van der Waals surface area contributed by atoms with E-state index in [4.69, 9.17) is 19.7 Å². The van der Waals surface area contributed by atoms with E-state index in [2.05, 4.69) is 36.8 Å². The molecule has 0 radical (unpaired) electrons. The van der Waals surface area contributed by atoms with Gasteiger partial charge in [-0.1, -0.05) is 0 Å². The topological polar surface area (TPSA) is 133 Å². The van der Waals surface area contributed by atoms with Crippen LogP contribution in [0.2, 0.25) is 0 Å². The van der Waals surface area contributed by atoms with Crippen molar-refractivity contribution in [3.05, 3.63) is 59.4 Å². The van der Waals surface area contributed by atoms with Crippen LogP contribution in [-0.2, 0) is 4.79 Å². The monoisotopic (exact) mass is 557 g/mol. The first kappa shape index (κ1) is 33.8. The molecule has 0 saturated heterocycles. The molecule has 39 heavy (non-hydrogen) atoms. The molecule has 214 valence electrons. The summed E-state index contributed by atoms with van der Waals surface area (Å²) in [6.45, 7) is 7.33. The van der Waals surface area contributed by atoms with Gasteiger partial charge in [-0.3, -0.25) is 10.5 Å². The third-order valence-corrected chi connectivity index (χ3v) is 5.61. The zero-order valence-electron chi connectivity index (χ0n) is 24.2. The van der Waals surface area contributed by atoms with Crippen LogP contribution in [0.4, 0.5) is 0 Å². The average Bonchev–Trinajstić information content (AvgIpc) is 3.43. The largest absolute Gasteiger partial charge is 0.492 e. The maximum atomic E-state index is 9.05. The Morgan fingerprint density at radius 2 is 1.51 bits per heavy atom. The molecule has 0 aliphatic heterocycles. The second-order valence-electron chi connectivity index (χ2n) is 9.14. The average molecular weight is 558 g/mol. The van der Waals surface area contributed by atoms with Crippen molar-refractivity contribution in [2.24, 2.45) is 5.73 Å². The molecule has 3 aromatic rings. The number of rotatable bonds is 11. The van der Waals surface area contributed by atoms with Gasteiger partial charge in [-0.2, -0.15) is 5.10 Å². The number of hydrogen-bond acceptors (Lipinski definition) is 10. The first-order chi connectivity index (χ1) is 18.6. The minimum atomic E-state index is 0.139. The Labute approximate surface area is 236 Å². The first-order valence-electron chi connectivity index (χ1n) is 12.5. The number of nitrogens with one attached hydrogen (secondary N) is 2. The minimum Gasteiger partial charge on any atom is -0.492 e. The Hall–Kier alpha value is -3.25. The number of ether oxygens (including phenoxy) is 2. The molecule has 10 nitrogen and oxygen atoms in total. The Morgan fingerprint density at radius 3 is 1.97 bits per heavy atom. The van der Waals surface area contributed by atoms with Crippen LogP contribution in [0.1, 0.15) is 16.7 Å².